The highest BCUT2D eigenvalue weighted by atomic mass is 32.1. The van der Waals surface area contributed by atoms with Gasteiger partial charge in [0.15, 0.2) is 5.11 Å². The van der Waals surface area contributed by atoms with Crippen molar-refractivity contribution in [3.8, 4) is 0 Å². The molecule has 1 fully saturated rings. The van der Waals surface area contributed by atoms with E-state index >= 15 is 0 Å². The molecule has 2 aromatic rings. The van der Waals surface area contributed by atoms with Crippen molar-refractivity contribution >= 4 is 23.0 Å². The molecule has 132 valence electrons. The smallest absolute Gasteiger partial charge is 0.171 e. The predicted molar refractivity (Wildman–Crippen MR) is 109 cm³/mol. The van der Waals surface area contributed by atoms with Crippen molar-refractivity contribution in [2.75, 3.05) is 18.4 Å². The summed E-state index contributed by atoms with van der Waals surface area (Å²) in [6.07, 6.45) is 2.75. The Balaban J connectivity index is 1.48. The first-order valence-electron chi connectivity index (χ1n) is 9.13. The molecular formula is C21H28N3S+. The maximum atomic E-state index is 5.42. The summed E-state index contributed by atoms with van der Waals surface area (Å²) in [6.45, 7) is 8.73. The van der Waals surface area contributed by atoms with E-state index < -0.39 is 0 Å². The molecule has 1 aliphatic rings. The first-order chi connectivity index (χ1) is 12.1. The summed E-state index contributed by atoms with van der Waals surface area (Å²) in [5.74, 6) is 0. The highest BCUT2D eigenvalue weighted by molar-refractivity contribution is 7.80. The van der Waals surface area contributed by atoms with Crippen molar-refractivity contribution in [2.24, 2.45) is 0 Å². The third-order valence-corrected chi connectivity index (χ3v) is 4.97. The monoisotopic (exact) mass is 354 g/mol. The number of anilines is 1. The molecule has 25 heavy (non-hydrogen) atoms. The molecule has 3 rings (SSSR count). The fraction of sp³-hybridized carbons (Fsp3) is 0.381. The van der Waals surface area contributed by atoms with Crippen molar-refractivity contribution < 1.29 is 4.90 Å². The molecule has 0 saturated carbocycles. The number of benzene rings is 2. The molecule has 0 aliphatic carbocycles. The number of aryl methyl sites for hydroxylation is 2. The first-order valence-corrected chi connectivity index (χ1v) is 9.54. The second-order valence-electron chi connectivity index (χ2n) is 7.13. The van der Waals surface area contributed by atoms with Gasteiger partial charge in [-0.3, -0.25) is 0 Å². The average molecular weight is 355 g/mol. The van der Waals surface area contributed by atoms with Crippen LogP contribution in [-0.4, -0.2) is 18.2 Å². The third kappa shape index (κ3) is 5.55. The van der Waals surface area contributed by atoms with E-state index in [1.54, 1.807) is 4.90 Å². The van der Waals surface area contributed by atoms with Gasteiger partial charge in [0.25, 0.3) is 0 Å². The number of nitrogens with one attached hydrogen (secondary N) is 3. The standard InChI is InChI=1S/C21H27N3S/c1-16-11-17(2)13-20(12-16)23-21(25)22-14-18-5-7-19(8-6-18)15-24-9-3-4-10-24/h5-8,11-13H,3-4,9-10,14-15H2,1-2H3,(H2,22,23,25)/p+1. The maximum absolute atomic E-state index is 5.42. The summed E-state index contributed by atoms with van der Waals surface area (Å²) >= 11 is 5.42. The van der Waals surface area contributed by atoms with Crippen LogP contribution in [-0.2, 0) is 13.1 Å². The number of rotatable bonds is 5. The summed E-state index contributed by atoms with van der Waals surface area (Å²) < 4.78 is 0. The Labute approximate surface area is 156 Å². The van der Waals surface area contributed by atoms with Gasteiger partial charge in [-0.1, -0.05) is 30.3 Å². The van der Waals surface area contributed by atoms with Crippen LogP contribution in [0, 0.1) is 13.8 Å². The van der Waals surface area contributed by atoms with Crippen LogP contribution >= 0.6 is 12.2 Å². The Hall–Kier alpha value is -1.91. The first kappa shape index (κ1) is 17.9. The van der Waals surface area contributed by atoms with Crippen LogP contribution in [0.2, 0.25) is 0 Å². The van der Waals surface area contributed by atoms with Gasteiger partial charge in [0.05, 0.1) is 13.1 Å². The lowest BCUT2D eigenvalue weighted by Crippen LogP contribution is -3.08. The minimum atomic E-state index is 0.663. The van der Waals surface area contributed by atoms with Crippen molar-refractivity contribution in [1.29, 1.82) is 0 Å². The maximum Gasteiger partial charge on any atom is 0.171 e. The van der Waals surface area contributed by atoms with E-state index in [-0.39, 0.29) is 0 Å². The zero-order valence-electron chi connectivity index (χ0n) is 15.2. The van der Waals surface area contributed by atoms with Gasteiger partial charge in [-0.05, 0) is 54.9 Å². The lowest BCUT2D eigenvalue weighted by Gasteiger charge is -2.13. The normalized spacial score (nSPS) is 14.5. The van der Waals surface area contributed by atoms with Gasteiger partial charge >= 0.3 is 0 Å². The molecule has 0 amide bonds. The third-order valence-electron chi connectivity index (χ3n) is 4.72. The van der Waals surface area contributed by atoms with Gasteiger partial charge in [-0.2, -0.15) is 0 Å². The molecule has 0 radical (unpaired) electrons. The summed E-state index contributed by atoms with van der Waals surface area (Å²) in [7, 11) is 0. The van der Waals surface area contributed by atoms with Gasteiger partial charge in [0.1, 0.15) is 6.54 Å². The van der Waals surface area contributed by atoms with Crippen molar-refractivity contribution in [3.63, 3.8) is 0 Å². The molecule has 1 heterocycles. The summed E-state index contributed by atoms with van der Waals surface area (Å²) in [6, 6.07) is 15.3. The summed E-state index contributed by atoms with van der Waals surface area (Å²) in [5.41, 5.74) is 6.20. The van der Waals surface area contributed by atoms with E-state index in [0.29, 0.717) is 5.11 Å². The molecule has 3 N–H and O–H groups in total. The fourth-order valence-corrected chi connectivity index (χ4v) is 3.71. The minimum absolute atomic E-state index is 0.663. The van der Waals surface area contributed by atoms with Crippen LogP contribution in [0.5, 0.6) is 0 Å². The molecule has 0 atom stereocenters. The van der Waals surface area contributed by atoms with Crippen LogP contribution in [0.3, 0.4) is 0 Å². The molecule has 1 aliphatic heterocycles. The van der Waals surface area contributed by atoms with Gasteiger partial charge in [0.2, 0.25) is 0 Å². The Morgan fingerprint density at radius 2 is 1.56 bits per heavy atom. The summed E-state index contributed by atoms with van der Waals surface area (Å²) in [5, 5.41) is 7.23. The van der Waals surface area contributed by atoms with Gasteiger partial charge in [0, 0.05) is 30.6 Å². The van der Waals surface area contributed by atoms with Crippen LogP contribution < -0.4 is 15.5 Å². The Morgan fingerprint density at radius 3 is 2.20 bits per heavy atom. The molecule has 0 bridgehead atoms. The number of quaternary nitrogens is 1. The largest absolute Gasteiger partial charge is 0.358 e. The molecule has 0 unspecified atom stereocenters. The number of hydrogen-bond acceptors (Lipinski definition) is 1. The predicted octanol–water partition coefficient (Wildman–Crippen LogP) is 2.97. The number of likely N-dealkylation sites (tertiary alicyclic amines) is 1. The van der Waals surface area contributed by atoms with Crippen LogP contribution in [0.4, 0.5) is 5.69 Å². The molecule has 2 aromatic carbocycles. The van der Waals surface area contributed by atoms with E-state index in [9.17, 15) is 0 Å². The molecular weight excluding hydrogens is 326 g/mol. The van der Waals surface area contributed by atoms with E-state index in [1.807, 2.05) is 0 Å². The zero-order valence-corrected chi connectivity index (χ0v) is 16.0. The molecule has 0 spiro atoms. The van der Waals surface area contributed by atoms with Gasteiger partial charge < -0.3 is 15.5 Å². The van der Waals surface area contributed by atoms with Crippen molar-refractivity contribution in [2.45, 2.75) is 39.8 Å². The fourth-order valence-electron chi connectivity index (χ4n) is 3.52. The average Bonchev–Trinajstić information content (AvgIpc) is 3.06. The van der Waals surface area contributed by atoms with Gasteiger partial charge in [-0.25, -0.2) is 0 Å². The van der Waals surface area contributed by atoms with E-state index in [2.05, 4.69) is 66.9 Å². The van der Waals surface area contributed by atoms with Crippen molar-refractivity contribution in [1.82, 2.24) is 5.32 Å². The lowest BCUT2D eigenvalue weighted by molar-refractivity contribution is -0.901. The Morgan fingerprint density at radius 1 is 0.960 bits per heavy atom. The minimum Gasteiger partial charge on any atom is -0.358 e. The van der Waals surface area contributed by atoms with E-state index in [4.69, 9.17) is 12.2 Å². The molecule has 4 heteroatoms. The topological polar surface area (TPSA) is 28.5 Å². The van der Waals surface area contributed by atoms with E-state index in [0.717, 1.165) is 18.8 Å². The lowest BCUT2D eigenvalue weighted by atomic mass is 10.1. The van der Waals surface area contributed by atoms with Gasteiger partial charge in [-0.15, -0.1) is 0 Å². The Kier molecular flexibility index (Phi) is 6.05. The second-order valence-corrected chi connectivity index (χ2v) is 7.54. The quantitative estimate of drug-likeness (QED) is 0.721. The van der Waals surface area contributed by atoms with Crippen molar-refractivity contribution in [3.05, 3.63) is 64.7 Å². The number of thiocarbonyl (C=S) groups is 1. The van der Waals surface area contributed by atoms with Crippen LogP contribution in [0.1, 0.15) is 35.1 Å². The Bertz CT molecular complexity index is 698. The molecule has 0 aromatic heterocycles. The van der Waals surface area contributed by atoms with E-state index in [1.165, 1.54) is 48.2 Å². The van der Waals surface area contributed by atoms with Crippen LogP contribution in [0.15, 0.2) is 42.5 Å². The number of hydrogen-bond donors (Lipinski definition) is 3. The zero-order chi connectivity index (χ0) is 17.6. The second kappa shape index (κ2) is 8.45. The molecule has 1 saturated heterocycles. The molecule has 3 nitrogen and oxygen atoms in total. The summed E-state index contributed by atoms with van der Waals surface area (Å²) in [4.78, 5) is 1.71. The highest BCUT2D eigenvalue weighted by Crippen LogP contribution is 2.13. The highest BCUT2D eigenvalue weighted by Gasteiger charge is 2.15. The van der Waals surface area contributed by atoms with Crippen LogP contribution in [0.25, 0.3) is 0 Å². The SMILES string of the molecule is Cc1cc(C)cc(NC(=S)NCc2ccc(C[NH+]3CCCC3)cc2)c1.